The van der Waals surface area contributed by atoms with Crippen LogP contribution in [-0.4, -0.2) is 53.8 Å². The largest absolute Gasteiger partial charge is 0.481 e. The second-order valence-corrected chi connectivity index (χ2v) is 5.04. The lowest BCUT2D eigenvalue weighted by Crippen LogP contribution is -2.51. The summed E-state index contributed by atoms with van der Waals surface area (Å²) in [4.78, 5) is 24.6. The first-order chi connectivity index (χ1) is 8.58. The third kappa shape index (κ3) is 2.93. The highest BCUT2D eigenvalue weighted by Crippen LogP contribution is 2.18. The topological polar surface area (TPSA) is 78.9 Å². The first-order valence-corrected chi connectivity index (χ1v) is 6.48. The summed E-state index contributed by atoms with van der Waals surface area (Å²) in [5, 5.41) is 11.9. The highest BCUT2D eigenvalue weighted by molar-refractivity contribution is 5.76. The molecule has 2 unspecified atom stereocenters. The fraction of sp³-hybridized carbons (Fsp3) is 0.833. The minimum absolute atomic E-state index is 0.0361. The van der Waals surface area contributed by atoms with E-state index >= 15 is 0 Å². The number of urea groups is 1. The maximum atomic E-state index is 12.0. The Bertz CT molecular complexity index is 334. The van der Waals surface area contributed by atoms with E-state index in [4.69, 9.17) is 9.84 Å². The van der Waals surface area contributed by atoms with E-state index in [1.165, 1.54) is 0 Å². The molecule has 2 N–H and O–H groups in total. The van der Waals surface area contributed by atoms with Gasteiger partial charge in [-0.3, -0.25) is 4.79 Å². The van der Waals surface area contributed by atoms with E-state index in [0.717, 1.165) is 12.8 Å². The molecule has 102 valence electrons. The number of carboxylic acid groups (broad SMARTS) is 1. The number of hydrogen-bond acceptors (Lipinski definition) is 3. The normalized spacial score (nSPS) is 32.3. The summed E-state index contributed by atoms with van der Waals surface area (Å²) in [6.45, 7) is 3.55. The number of likely N-dealkylation sites (tertiary alicyclic amines) is 1. The van der Waals surface area contributed by atoms with Gasteiger partial charge in [0, 0.05) is 19.7 Å². The lowest BCUT2D eigenvalue weighted by Gasteiger charge is -2.32. The summed E-state index contributed by atoms with van der Waals surface area (Å²) in [5.41, 5.74) is 0. The molecule has 2 aliphatic heterocycles. The van der Waals surface area contributed by atoms with Gasteiger partial charge in [0.05, 0.1) is 18.1 Å². The zero-order valence-electron chi connectivity index (χ0n) is 10.6. The quantitative estimate of drug-likeness (QED) is 0.761. The number of nitrogens with zero attached hydrogens (tertiary/aromatic N) is 1. The van der Waals surface area contributed by atoms with Crippen LogP contribution in [0.1, 0.15) is 26.2 Å². The van der Waals surface area contributed by atoms with Crippen molar-refractivity contribution in [3.8, 4) is 0 Å². The molecule has 2 saturated heterocycles. The first-order valence-electron chi connectivity index (χ1n) is 6.48. The highest BCUT2D eigenvalue weighted by Gasteiger charge is 2.31. The van der Waals surface area contributed by atoms with Gasteiger partial charge in [0.2, 0.25) is 0 Å². The molecule has 2 rings (SSSR count). The van der Waals surface area contributed by atoms with Crippen LogP contribution in [0.4, 0.5) is 4.79 Å². The van der Waals surface area contributed by atoms with Crippen molar-refractivity contribution in [1.29, 1.82) is 0 Å². The van der Waals surface area contributed by atoms with Crippen molar-refractivity contribution in [2.75, 3.05) is 19.7 Å². The van der Waals surface area contributed by atoms with Crippen LogP contribution in [0.5, 0.6) is 0 Å². The minimum Gasteiger partial charge on any atom is -0.481 e. The number of hydrogen-bond donors (Lipinski definition) is 2. The molecule has 2 amide bonds. The summed E-state index contributed by atoms with van der Waals surface area (Å²) in [6, 6.07) is -0.119. The summed E-state index contributed by atoms with van der Waals surface area (Å²) >= 11 is 0. The van der Waals surface area contributed by atoms with Gasteiger partial charge in [-0.1, -0.05) is 0 Å². The van der Waals surface area contributed by atoms with Gasteiger partial charge >= 0.3 is 12.0 Å². The standard InChI is InChI=1S/C12H20N2O4/c1-8-10(4-6-18-8)13-12(17)14-5-2-3-9(7-14)11(15)16/h8-10H,2-7H2,1H3,(H,13,17)(H,15,16)/t8?,9-,10?/m1/s1. The van der Waals surface area contributed by atoms with E-state index in [1.54, 1.807) is 4.90 Å². The molecule has 6 nitrogen and oxygen atoms in total. The smallest absolute Gasteiger partial charge is 0.317 e. The molecular formula is C12H20N2O4. The summed E-state index contributed by atoms with van der Waals surface area (Å²) < 4.78 is 5.39. The van der Waals surface area contributed by atoms with E-state index in [1.807, 2.05) is 6.92 Å². The molecule has 0 aromatic rings. The molecule has 0 bridgehead atoms. The summed E-state index contributed by atoms with van der Waals surface area (Å²) in [6.07, 6.45) is 2.26. The fourth-order valence-electron chi connectivity index (χ4n) is 2.53. The third-order valence-corrected chi connectivity index (χ3v) is 3.74. The Hall–Kier alpha value is -1.30. The first kappa shape index (κ1) is 13.1. The monoisotopic (exact) mass is 256 g/mol. The van der Waals surface area contributed by atoms with Gasteiger partial charge in [0.25, 0.3) is 0 Å². The molecule has 0 aromatic carbocycles. The molecule has 3 atom stereocenters. The van der Waals surface area contributed by atoms with Crippen molar-refractivity contribution in [3.63, 3.8) is 0 Å². The predicted molar refractivity (Wildman–Crippen MR) is 64.3 cm³/mol. The zero-order chi connectivity index (χ0) is 13.1. The Labute approximate surface area is 106 Å². The van der Waals surface area contributed by atoms with E-state index in [0.29, 0.717) is 26.1 Å². The van der Waals surface area contributed by atoms with Gasteiger partial charge in [-0.2, -0.15) is 0 Å². The Morgan fingerprint density at radius 2 is 2.17 bits per heavy atom. The number of ether oxygens (including phenoxy) is 1. The second-order valence-electron chi connectivity index (χ2n) is 5.04. The fourth-order valence-corrected chi connectivity index (χ4v) is 2.53. The van der Waals surface area contributed by atoms with Crippen LogP contribution in [0.15, 0.2) is 0 Å². The van der Waals surface area contributed by atoms with Crippen molar-refractivity contribution in [1.82, 2.24) is 10.2 Å². The van der Waals surface area contributed by atoms with Gasteiger partial charge in [0.15, 0.2) is 0 Å². The van der Waals surface area contributed by atoms with Crippen LogP contribution in [-0.2, 0) is 9.53 Å². The third-order valence-electron chi connectivity index (χ3n) is 3.74. The molecule has 0 aliphatic carbocycles. The number of aliphatic carboxylic acids is 1. The summed E-state index contributed by atoms with van der Waals surface area (Å²) in [7, 11) is 0. The molecule has 2 aliphatic rings. The molecule has 18 heavy (non-hydrogen) atoms. The molecule has 0 spiro atoms. The second kappa shape index (κ2) is 5.56. The SMILES string of the molecule is CC1OCCC1NC(=O)N1CCC[C@@H](C(=O)O)C1. The minimum atomic E-state index is -0.815. The van der Waals surface area contributed by atoms with Gasteiger partial charge in [-0.25, -0.2) is 4.79 Å². The highest BCUT2D eigenvalue weighted by atomic mass is 16.5. The Morgan fingerprint density at radius 1 is 1.39 bits per heavy atom. The molecule has 6 heteroatoms. The van der Waals surface area contributed by atoms with Crippen molar-refractivity contribution >= 4 is 12.0 Å². The van der Waals surface area contributed by atoms with Crippen LogP contribution < -0.4 is 5.32 Å². The van der Waals surface area contributed by atoms with E-state index < -0.39 is 11.9 Å². The van der Waals surface area contributed by atoms with Crippen molar-refractivity contribution in [2.45, 2.75) is 38.3 Å². The summed E-state index contributed by atoms with van der Waals surface area (Å²) in [5.74, 6) is -1.24. The van der Waals surface area contributed by atoms with Crippen molar-refractivity contribution in [2.24, 2.45) is 5.92 Å². The van der Waals surface area contributed by atoms with Crippen LogP contribution >= 0.6 is 0 Å². The van der Waals surface area contributed by atoms with Crippen LogP contribution in [0.25, 0.3) is 0 Å². The maximum absolute atomic E-state index is 12.0. The van der Waals surface area contributed by atoms with Crippen LogP contribution in [0.3, 0.4) is 0 Å². The Kier molecular flexibility index (Phi) is 4.06. The van der Waals surface area contributed by atoms with Crippen molar-refractivity contribution < 1.29 is 19.4 Å². The number of carbonyl (C=O) groups is 2. The number of amides is 2. The number of rotatable bonds is 2. The van der Waals surface area contributed by atoms with E-state index in [9.17, 15) is 9.59 Å². The van der Waals surface area contributed by atoms with E-state index in [2.05, 4.69) is 5.32 Å². The number of piperidine rings is 1. The van der Waals surface area contributed by atoms with Crippen LogP contribution in [0.2, 0.25) is 0 Å². The number of carboxylic acids is 1. The average molecular weight is 256 g/mol. The zero-order valence-corrected chi connectivity index (χ0v) is 10.6. The number of nitrogens with one attached hydrogen (secondary N) is 1. The van der Waals surface area contributed by atoms with Gasteiger partial charge in [0.1, 0.15) is 0 Å². The maximum Gasteiger partial charge on any atom is 0.317 e. The molecule has 2 fully saturated rings. The van der Waals surface area contributed by atoms with E-state index in [-0.39, 0.29) is 18.2 Å². The van der Waals surface area contributed by atoms with Gasteiger partial charge in [-0.15, -0.1) is 0 Å². The van der Waals surface area contributed by atoms with Crippen molar-refractivity contribution in [3.05, 3.63) is 0 Å². The lowest BCUT2D eigenvalue weighted by molar-refractivity contribution is -0.143. The molecule has 0 saturated carbocycles. The Morgan fingerprint density at radius 3 is 2.78 bits per heavy atom. The molecule has 0 aromatic heterocycles. The average Bonchev–Trinajstić information content (AvgIpc) is 2.75. The predicted octanol–water partition coefficient (Wildman–Crippen LogP) is 0.670. The van der Waals surface area contributed by atoms with Gasteiger partial charge in [-0.05, 0) is 26.2 Å². The molecule has 2 heterocycles. The van der Waals surface area contributed by atoms with Crippen LogP contribution in [0, 0.1) is 5.92 Å². The van der Waals surface area contributed by atoms with Gasteiger partial charge < -0.3 is 20.1 Å². The number of carbonyl (C=O) groups excluding carboxylic acids is 1. The molecule has 0 radical (unpaired) electrons. The lowest BCUT2D eigenvalue weighted by atomic mass is 9.98. The Balaban J connectivity index is 1.86. The molecular weight excluding hydrogens is 236 g/mol.